The van der Waals surface area contributed by atoms with E-state index >= 15 is 0 Å². The van der Waals surface area contributed by atoms with Crippen LogP contribution in [0.25, 0.3) is 21.3 Å². The maximum atomic E-state index is 11.7. The van der Waals surface area contributed by atoms with Gasteiger partial charge in [-0.3, -0.25) is 4.79 Å². The standard InChI is InChI=1S/C16H16N2OS2/c1-8-5-6-20-15(8)16-18-12(7-21-16)14-9(2)13(11(4)19)10(3)17-14/h5-7,17H,1-4H3. The number of aromatic amines is 1. The van der Waals surface area contributed by atoms with Crippen LogP contribution in [-0.4, -0.2) is 15.8 Å². The van der Waals surface area contributed by atoms with Gasteiger partial charge in [-0.15, -0.1) is 22.7 Å². The molecule has 108 valence electrons. The SMILES string of the molecule is CC(=O)c1c(C)[nH]c(-c2csc(-c3sccc3C)n2)c1C. The summed E-state index contributed by atoms with van der Waals surface area (Å²) < 4.78 is 0. The molecule has 0 unspecified atom stereocenters. The molecule has 1 N–H and O–H groups in total. The molecule has 0 atom stereocenters. The van der Waals surface area contributed by atoms with Crippen LogP contribution in [0.3, 0.4) is 0 Å². The Kier molecular flexibility index (Phi) is 3.55. The van der Waals surface area contributed by atoms with E-state index in [2.05, 4.69) is 28.7 Å². The largest absolute Gasteiger partial charge is 0.356 e. The molecule has 0 amide bonds. The van der Waals surface area contributed by atoms with Gasteiger partial charge >= 0.3 is 0 Å². The number of ketones is 1. The number of carbonyl (C=O) groups is 1. The molecule has 0 radical (unpaired) electrons. The molecule has 0 aromatic carbocycles. The van der Waals surface area contributed by atoms with E-state index < -0.39 is 0 Å². The molecule has 0 aliphatic rings. The third-order valence-electron chi connectivity index (χ3n) is 3.61. The number of thiazole rings is 1. The molecule has 3 rings (SSSR count). The first-order valence-electron chi connectivity index (χ1n) is 6.69. The highest BCUT2D eigenvalue weighted by Gasteiger charge is 2.18. The monoisotopic (exact) mass is 316 g/mol. The lowest BCUT2D eigenvalue weighted by Crippen LogP contribution is -1.94. The van der Waals surface area contributed by atoms with Gasteiger partial charge in [-0.2, -0.15) is 0 Å². The first-order valence-corrected chi connectivity index (χ1v) is 8.45. The van der Waals surface area contributed by atoms with Gasteiger partial charge in [0.05, 0.1) is 16.3 Å². The van der Waals surface area contributed by atoms with Gasteiger partial charge in [-0.25, -0.2) is 4.98 Å². The quantitative estimate of drug-likeness (QED) is 0.692. The molecule has 21 heavy (non-hydrogen) atoms. The van der Waals surface area contributed by atoms with E-state index in [0.29, 0.717) is 0 Å². The van der Waals surface area contributed by atoms with E-state index in [-0.39, 0.29) is 5.78 Å². The van der Waals surface area contributed by atoms with Crippen LogP contribution in [0.15, 0.2) is 16.8 Å². The summed E-state index contributed by atoms with van der Waals surface area (Å²) in [5, 5.41) is 5.17. The smallest absolute Gasteiger partial charge is 0.161 e. The predicted octanol–water partition coefficient (Wildman–Crippen LogP) is 4.99. The first-order chi connectivity index (χ1) is 9.99. The first kappa shape index (κ1) is 14.2. The van der Waals surface area contributed by atoms with Crippen LogP contribution in [0.4, 0.5) is 0 Å². The van der Waals surface area contributed by atoms with Crippen molar-refractivity contribution in [3.63, 3.8) is 0 Å². The number of nitrogens with one attached hydrogen (secondary N) is 1. The zero-order chi connectivity index (χ0) is 15.1. The Balaban J connectivity index is 2.07. The summed E-state index contributed by atoms with van der Waals surface area (Å²) in [4.78, 5) is 21.0. The van der Waals surface area contributed by atoms with Crippen molar-refractivity contribution >= 4 is 28.5 Å². The second kappa shape index (κ2) is 5.24. The molecular formula is C16H16N2OS2. The van der Waals surface area contributed by atoms with Crippen molar-refractivity contribution in [2.45, 2.75) is 27.7 Å². The van der Waals surface area contributed by atoms with E-state index in [9.17, 15) is 4.79 Å². The summed E-state index contributed by atoms with van der Waals surface area (Å²) >= 11 is 3.36. The summed E-state index contributed by atoms with van der Waals surface area (Å²) in [6.45, 7) is 7.62. The molecule has 5 heteroatoms. The van der Waals surface area contributed by atoms with Crippen molar-refractivity contribution in [2.75, 3.05) is 0 Å². The number of H-pyrrole nitrogens is 1. The number of nitrogens with zero attached hydrogens (tertiary/aromatic N) is 1. The van der Waals surface area contributed by atoms with E-state index in [1.54, 1.807) is 29.6 Å². The zero-order valence-electron chi connectivity index (χ0n) is 12.4. The molecule has 0 aliphatic heterocycles. The van der Waals surface area contributed by atoms with Crippen LogP contribution in [0, 0.1) is 20.8 Å². The van der Waals surface area contributed by atoms with E-state index in [0.717, 1.165) is 33.2 Å². The minimum absolute atomic E-state index is 0.0945. The summed E-state index contributed by atoms with van der Waals surface area (Å²) in [5.74, 6) is 0.0945. The Bertz CT molecular complexity index is 823. The lowest BCUT2D eigenvalue weighted by Gasteiger charge is -1.97. The molecule has 3 aromatic heterocycles. The van der Waals surface area contributed by atoms with Gasteiger partial charge in [-0.05, 0) is 50.3 Å². The van der Waals surface area contributed by atoms with Gasteiger partial charge < -0.3 is 4.98 Å². The highest BCUT2D eigenvalue weighted by molar-refractivity contribution is 7.20. The fourth-order valence-electron chi connectivity index (χ4n) is 2.62. The average Bonchev–Trinajstić information content (AvgIpc) is 3.08. The highest BCUT2D eigenvalue weighted by atomic mass is 32.1. The normalized spacial score (nSPS) is 11.0. The van der Waals surface area contributed by atoms with Crippen LogP contribution in [0.5, 0.6) is 0 Å². The van der Waals surface area contributed by atoms with Crippen molar-refractivity contribution in [1.29, 1.82) is 0 Å². The van der Waals surface area contributed by atoms with Crippen molar-refractivity contribution in [3.05, 3.63) is 39.2 Å². The Labute approximate surface area is 131 Å². The number of aromatic nitrogens is 2. The van der Waals surface area contributed by atoms with E-state index in [1.165, 1.54) is 10.4 Å². The van der Waals surface area contributed by atoms with E-state index in [4.69, 9.17) is 4.98 Å². The van der Waals surface area contributed by atoms with Crippen LogP contribution in [0.2, 0.25) is 0 Å². The van der Waals surface area contributed by atoms with Gasteiger partial charge in [0.1, 0.15) is 5.01 Å². The van der Waals surface area contributed by atoms with Crippen LogP contribution in [0.1, 0.15) is 34.1 Å². The third kappa shape index (κ3) is 2.36. The highest BCUT2D eigenvalue weighted by Crippen LogP contribution is 2.35. The fourth-order valence-corrected chi connectivity index (χ4v) is 4.53. The maximum Gasteiger partial charge on any atom is 0.161 e. The number of aryl methyl sites for hydroxylation is 2. The Hall–Kier alpha value is -1.72. The molecule has 0 saturated carbocycles. The maximum absolute atomic E-state index is 11.7. The second-order valence-corrected chi connectivity index (χ2v) is 6.93. The minimum atomic E-state index is 0.0945. The summed E-state index contributed by atoms with van der Waals surface area (Å²) in [7, 11) is 0. The molecule has 0 fully saturated rings. The minimum Gasteiger partial charge on any atom is -0.356 e. The molecule has 0 bridgehead atoms. The van der Waals surface area contributed by atoms with Crippen LogP contribution < -0.4 is 0 Å². The average molecular weight is 316 g/mol. The topological polar surface area (TPSA) is 45.8 Å². The molecule has 0 saturated heterocycles. The van der Waals surface area contributed by atoms with Gasteiger partial charge in [0.2, 0.25) is 0 Å². The van der Waals surface area contributed by atoms with Gasteiger partial charge in [0, 0.05) is 16.6 Å². The molecule has 3 aromatic rings. The molecule has 0 spiro atoms. The summed E-state index contributed by atoms with van der Waals surface area (Å²) in [5.41, 5.74) is 5.80. The Morgan fingerprint density at radius 1 is 1.24 bits per heavy atom. The number of Topliss-reactive ketones (excluding diaryl/α,β-unsaturated/α-hetero) is 1. The van der Waals surface area contributed by atoms with Crippen molar-refractivity contribution in [1.82, 2.24) is 9.97 Å². The predicted molar refractivity (Wildman–Crippen MR) is 89.4 cm³/mol. The number of carbonyl (C=O) groups excluding carboxylic acids is 1. The van der Waals surface area contributed by atoms with Gasteiger partial charge in [0.15, 0.2) is 5.78 Å². The molecular weight excluding hydrogens is 300 g/mol. The molecule has 0 aliphatic carbocycles. The Morgan fingerprint density at radius 2 is 2.00 bits per heavy atom. The molecule has 3 heterocycles. The van der Waals surface area contributed by atoms with E-state index in [1.807, 2.05) is 13.8 Å². The van der Waals surface area contributed by atoms with Gasteiger partial charge in [0.25, 0.3) is 0 Å². The number of hydrogen-bond donors (Lipinski definition) is 1. The second-order valence-electron chi connectivity index (χ2n) is 5.15. The lowest BCUT2D eigenvalue weighted by atomic mass is 10.1. The van der Waals surface area contributed by atoms with Crippen molar-refractivity contribution < 1.29 is 4.79 Å². The van der Waals surface area contributed by atoms with Crippen molar-refractivity contribution in [2.24, 2.45) is 0 Å². The fraction of sp³-hybridized carbons (Fsp3) is 0.250. The van der Waals surface area contributed by atoms with Crippen LogP contribution >= 0.6 is 22.7 Å². The lowest BCUT2D eigenvalue weighted by molar-refractivity contribution is 0.101. The third-order valence-corrected chi connectivity index (χ3v) is 5.62. The van der Waals surface area contributed by atoms with Gasteiger partial charge in [-0.1, -0.05) is 0 Å². The summed E-state index contributed by atoms with van der Waals surface area (Å²) in [6, 6.07) is 2.11. The summed E-state index contributed by atoms with van der Waals surface area (Å²) in [6.07, 6.45) is 0. The molecule has 3 nitrogen and oxygen atoms in total. The number of thiophene rings is 1. The number of rotatable bonds is 3. The van der Waals surface area contributed by atoms with Crippen LogP contribution in [-0.2, 0) is 0 Å². The Morgan fingerprint density at radius 3 is 2.57 bits per heavy atom. The zero-order valence-corrected chi connectivity index (χ0v) is 14.0. The number of hydrogen-bond acceptors (Lipinski definition) is 4. The van der Waals surface area contributed by atoms with Crippen molar-refractivity contribution in [3.8, 4) is 21.3 Å².